The first-order valence-electron chi connectivity index (χ1n) is 8.41. The summed E-state index contributed by atoms with van der Waals surface area (Å²) in [6.45, 7) is 5.66. The Morgan fingerprint density at radius 3 is 2.76 bits per heavy atom. The number of rotatable bonds is 5. The van der Waals surface area contributed by atoms with E-state index in [4.69, 9.17) is 0 Å². The maximum Gasteiger partial charge on any atom is 0.256 e. The molecule has 0 bridgehead atoms. The number of aryl methyl sites for hydroxylation is 1. The number of carbonyl (C=O) groups is 1. The van der Waals surface area contributed by atoms with E-state index in [9.17, 15) is 9.59 Å². The molecule has 8 heteroatoms. The first-order chi connectivity index (χ1) is 12.0. The van der Waals surface area contributed by atoms with Crippen LogP contribution in [0.25, 0.3) is 0 Å². The second-order valence-electron chi connectivity index (χ2n) is 6.21. The van der Waals surface area contributed by atoms with Crippen LogP contribution in [0.4, 0.5) is 5.95 Å². The van der Waals surface area contributed by atoms with E-state index in [0.29, 0.717) is 23.8 Å². The van der Waals surface area contributed by atoms with Gasteiger partial charge in [0, 0.05) is 30.5 Å². The molecule has 3 heterocycles. The molecule has 1 amide bonds. The van der Waals surface area contributed by atoms with Crippen LogP contribution in [0.1, 0.15) is 29.8 Å². The second kappa shape index (κ2) is 7.42. The summed E-state index contributed by atoms with van der Waals surface area (Å²) in [7, 11) is 0. The summed E-state index contributed by atoms with van der Waals surface area (Å²) < 4.78 is 1.31. The van der Waals surface area contributed by atoms with Gasteiger partial charge in [-0.2, -0.15) is 0 Å². The summed E-state index contributed by atoms with van der Waals surface area (Å²) in [5.74, 6) is 0.451. The highest BCUT2D eigenvalue weighted by atomic mass is 16.2. The van der Waals surface area contributed by atoms with Crippen LogP contribution in [-0.4, -0.2) is 38.5 Å². The number of aromatic nitrogens is 4. The molecule has 3 rings (SSSR count). The second-order valence-corrected chi connectivity index (χ2v) is 6.21. The smallest absolute Gasteiger partial charge is 0.256 e. The van der Waals surface area contributed by atoms with Gasteiger partial charge in [0.05, 0.1) is 18.6 Å². The number of anilines is 1. The molecule has 1 saturated heterocycles. The molecular formula is C17H22N6O2. The van der Waals surface area contributed by atoms with Crippen LogP contribution in [0.2, 0.25) is 0 Å². The molecule has 0 atom stereocenters. The van der Waals surface area contributed by atoms with Crippen molar-refractivity contribution in [1.29, 1.82) is 0 Å². The number of hydrogen-bond acceptors (Lipinski definition) is 6. The van der Waals surface area contributed by atoms with Crippen molar-refractivity contribution in [2.24, 2.45) is 0 Å². The standard InChI is InChI=1S/C17H22N6O2/c1-12-13(2)20-11-23(16(12)25)10-15(24)19-9-14-5-6-18-17(21-14)22-7-3-4-8-22/h5-6,11H,3-4,7-10H2,1-2H3,(H,19,24). The Bertz CT molecular complexity index is 826. The molecule has 25 heavy (non-hydrogen) atoms. The van der Waals surface area contributed by atoms with Gasteiger partial charge >= 0.3 is 0 Å². The van der Waals surface area contributed by atoms with E-state index in [1.807, 2.05) is 0 Å². The fourth-order valence-corrected chi connectivity index (χ4v) is 2.74. The minimum absolute atomic E-state index is 0.0585. The molecular weight excluding hydrogens is 320 g/mol. The molecule has 132 valence electrons. The van der Waals surface area contributed by atoms with Crippen molar-refractivity contribution in [3.63, 3.8) is 0 Å². The van der Waals surface area contributed by atoms with E-state index in [2.05, 4.69) is 25.2 Å². The topological polar surface area (TPSA) is 93.0 Å². The SMILES string of the molecule is Cc1ncn(CC(=O)NCc2ccnc(N3CCCC3)n2)c(=O)c1C. The Morgan fingerprint density at radius 2 is 2.00 bits per heavy atom. The minimum atomic E-state index is -0.256. The summed E-state index contributed by atoms with van der Waals surface area (Å²) in [5.41, 5.74) is 1.79. The largest absolute Gasteiger partial charge is 0.349 e. The Balaban J connectivity index is 1.60. The number of nitrogens with zero attached hydrogens (tertiary/aromatic N) is 5. The summed E-state index contributed by atoms with van der Waals surface area (Å²) >= 11 is 0. The fourth-order valence-electron chi connectivity index (χ4n) is 2.74. The van der Waals surface area contributed by atoms with Crippen LogP contribution in [-0.2, 0) is 17.9 Å². The van der Waals surface area contributed by atoms with E-state index in [-0.39, 0.29) is 18.0 Å². The number of amides is 1. The third-order valence-electron chi connectivity index (χ3n) is 4.39. The maximum absolute atomic E-state index is 12.1. The van der Waals surface area contributed by atoms with Gasteiger partial charge in [0.2, 0.25) is 11.9 Å². The first kappa shape index (κ1) is 17.1. The van der Waals surface area contributed by atoms with Gasteiger partial charge in [0.1, 0.15) is 6.54 Å². The van der Waals surface area contributed by atoms with Crippen molar-refractivity contribution in [2.45, 2.75) is 39.8 Å². The Hall–Kier alpha value is -2.77. The lowest BCUT2D eigenvalue weighted by atomic mass is 10.3. The lowest BCUT2D eigenvalue weighted by molar-refractivity contribution is -0.121. The van der Waals surface area contributed by atoms with Crippen molar-refractivity contribution < 1.29 is 4.79 Å². The molecule has 8 nitrogen and oxygen atoms in total. The monoisotopic (exact) mass is 342 g/mol. The van der Waals surface area contributed by atoms with Crippen molar-refractivity contribution in [3.05, 3.63) is 45.9 Å². The zero-order valence-corrected chi connectivity index (χ0v) is 14.5. The van der Waals surface area contributed by atoms with Gasteiger partial charge in [-0.25, -0.2) is 15.0 Å². The van der Waals surface area contributed by atoms with E-state index in [1.165, 1.54) is 10.9 Å². The Kier molecular flexibility index (Phi) is 5.06. The lowest BCUT2D eigenvalue weighted by Crippen LogP contribution is -2.33. The zero-order chi connectivity index (χ0) is 17.8. The third kappa shape index (κ3) is 4.01. The first-order valence-corrected chi connectivity index (χ1v) is 8.41. The molecule has 1 aliphatic heterocycles. The van der Waals surface area contributed by atoms with E-state index < -0.39 is 0 Å². The predicted octanol–water partition coefficient (Wildman–Crippen LogP) is 0.567. The summed E-state index contributed by atoms with van der Waals surface area (Å²) in [6, 6.07) is 1.78. The number of carbonyl (C=O) groups excluding carboxylic acids is 1. The molecule has 0 unspecified atom stereocenters. The Morgan fingerprint density at radius 1 is 1.24 bits per heavy atom. The molecule has 0 aromatic carbocycles. The van der Waals surface area contributed by atoms with Gasteiger partial charge in [-0.15, -0.1) is 0 Å². The average molecular weight is 342 g/mol. The average Bonchev–Trinajstić information content (AvgIpc) is 3.15. The molecule has 2 aromatic rings. The van der Waals surface area contributed by atoms with Crippen molar-refractivity contribution in [3.8, 4) is 0 Å². The van der Waals surface area contributed by atoms with Gasteiger partial charge in [-0.1, -0.05) is 0 Å². The summed E-state index contributed by atoms with van der Waals surface area (Å²) in [5, 5.41) is 2.79. The fraction of sp³-hybridized carbons (Fsp3) is 0.471. The van der Waals surface area contributed by atoms with Gasteiger partial charge in [-0.3, -0.25) is 14.2 Å². The number of nitrogens with one attached hydrogen (secondary N) is 1. The van der Waals surface area contributed by atoms with Crippen LogP contribution in [0.15, 0.2) is 23.4 Å². The van der Waals surface area contributed by atoms with Crippen molar-refractivity contribution in [1.82, 2.24) is 24.8 Å². The van der Waals surface area contributed by atoms with Crippen LogP contribution in [0, 0.1) is 13.8 Å². The zero-order valence-electron chi connectivity index (χ0n) is 14.5. The molecule has 0 radical (unpaired) electrons. The van der Waals surface area contributed by atoms with Crippen LogP contribution in [0.3, 0.4) is 0 Å². The van der Waals surface area contributed by atoms with Crippen LogP contribution in [0.5, 0.6) is 0 Å². The summed E-state index contributed by atoms with van der Waals surface area (Å²) in [4.78, 5) is 39.3. The van der Waals surface area contributed by atoms with Gasteiger partial charge in [-0.05, 0) is 32.8 Å². The number of hydrogen-bond donors (Lipinski definition) is 1. The van der Waals surface area contributed by atoms with Crippen LogP contribution < -0.4 is 15.8 Å². The molecule has 0 spiro atoms. The molecule has 1 N–H and O–H groups in total. The quantitative estimate of drug-likeness (QED) is 0.854. The highest BCUT2D eigenvalue weighted by Crippen LogP contribution is 2.15. The molecule has 0 saturated carbocycles. The van der Waals surface area contributed by atoms with E-state index >= 15 is 0 Å². The maximum atomic E-state index is 12.1. The molecule has 0 aliphatic carbocycles. The molecule has 1 fully saturated rings. The van der Waals surface area contributed by atoms with Gasteiger partial charge < -0.3 is 10.2 Å². The Labute approximate surface area is 145 Å². The van der Waals surface area contributed by atoms with E-state index in [1.54, 1.807) is 26.1 Å². The minimum Gasteiger partial charge on any atom is -0.349 e. The molecule has 1 aliphatic rings. The van der Waals surface area contributed by atoms with Crippen LogP contribution >= 0.6 is 0 Å². The summed E-state index contributed by atoms with van der Waals surface area (Å²) in [6.07, 6.45) is 5.42. The molecule has 2 aromatic heterocycles. The van der Waals surface area contributed by atoms with Gasteiger partial charge in [0.15, 0.2) is 0 Å². The van der Waals surface area contributed by atoms with Crippen molar-refractivity contribution in [2.75, 3.05) is 18.0 Å². The van der Waals surface area contributed by atoms with Crippen molar-refractivity contribution >= 4 is 11.9 Å². The normalized spacial score (nSPS) is 13.9. The predicted molar refractivity (Wildman–Crippen MR) is 93.3 cm³/mol. The lowest BCUT2D eigenvalue weighted by Gasteiger charge is -2.15. The van der Waals surface area contributed by atoms with E-state index in [0.717, 1.165) is 31.6 Å². The highest BCUT2D eigenvalue weighted by molar-refractivity contribution is 5.75. The third-order valence-corrected chi connectivity index (χ3v) is 4.39. The van der Waals surface area contributed by atoms with Gasteiger partial charge in [0.25, 0.3) is 5.56 Å². The highest BCUT2D eigenvalue weighted by Gasteiger charge is 2.15.